The third-order valence-electron chi connectivity index (χ3n) is 2.25. The van der Waals surface area contributed by atoms with E-state index in [9.17, 15) is 4.79 Å². The monoisotopic (exact) mass is 258 g/mol. The van der Waals surface area contributed by atoms with Gasteiger partial charge in [-0.25, -0.2) is 0 Å². The van der Waals surface area contributed by atoms with Crippen LogP contribution >= 0.6 is 0 Å². The predicted molar refractivity (Wildman–Crippen MR) is 73.8 cm³/mol. The molecule has 6 nitrogen and oxygen atoms in total. The minimum absolute atomic E-state index is 0.109. The quantitative estimate of drug-likeness (QED) is 0.367. The molecule has 0 saturated carbocycles. The van der Waals surface area contributed by atoms with Gasteiger partial charge in [0.2, 0.25) is 5.91 Å². The normalized spacial score (nSPS) is 11.2. The molecule has 2 N–H and O–H groups in total. The Hall–Kier alpha value is -1.30. The van der Waals surface area contributed by atoms with E-state index in [1.54, 1.807) is 26.1 Å². The number of hydrogen-bond acceptors (Lipinski definition) is 3. The Morgan fingerprint density at radius 1 is 1.33 bits per heavy atom. The van der Waals surface area contributed by atoms with Gasteiger partial charge in [-0.15, -0.1) is 0 Å². The summed E-state index contributed by atoms with van der Waals surface area (Å²) < 4.78 is 4.96. The summed E-state index contributed by atoms with van der Waals surface area (Å²) in [5, 5.41) is 6.27. The molecule has 0 unspecified atom stereocenters. The van der Waals surface area contributed by atoms with Crippen LogP contribution in [0.2, 0.25) is 0 Å². The predicted octanol–water partition coefficient (Wildman–Crippen LogP) is 0.0563. The van der Waals surface area contributed by atoms with Gasteiger partial charge in [-0.05, 0) is 13.3 Å². The Labute approximate surface area is 110 Å². The lowest BCUT2D eigenvalue weighted by Gasteiger charge is -2.13. The minimum Gasteiger partial charge on any atom is -0.385 e. The van der Waals surface area contributed by atoms with Crippen LogP contribution in [0.1, 0.15) is 19.8 Å². The first-order chi connectivity index (χ1) is 8.61. The summed E-state index contributed by atoms with van der Waals surface area (Å²) in [6, 6.07) is 0. The number of nitrogens with zero attached hydrogens (tertiary/aromatic N) is 2. The maximum atomic E-state index is 11.4. The van der Waals surface area contributed by atoms with E-state index in [-0.39, 0.29) is 5.91 Å². The number of rotatable bonds is 8. The first kappa shape index (κ1) is 16.7. The standard InChI is InChI=1S/C12H26N4O2/c1-5-13-12(14-8-6-10-18-4)15-9-7-11(17)16(2)3/h5-10H2,1-4H3,(H2,13,14,15). The number of hydrogen-bond donors (Lipinski definition) is 2. The second-order valence-electron chi connectivity index (χ2n) is 4.07. The van der Waals surface area contributed by atoms with Crippen molar-refractivity contribution in [2.24, 2.45) is 4.99 Å². The Kier molecular flexibility index (Phi) is 10.0. The van der Waals surface area contributed by atoms with Crippen LogP contribution in [0.3, 0.4) is 0 Å². The van der Waals surface area contributed by atoms with Gasteiger partial charge in [-0.2, -0.15) is 0 Å². The molecule has 0 aliphatic carbocycles. The first-order valence-electron chi connectivity index (χ1n) is 6.33. The van der Waals surface area contributed by atoms with E-state index >= 15 is 0 Å². The van der Waals surface area contributed by atoms with Gasteiger partial charge in [0, 0.05) is 53.9 Å². The van der Waals surface area contributed by atoms with Crippen LogP contribution in [0.15, 0.2) is 4.99 Å². The second-order valence-corrected chi connectivity index (χ2v) is 4.07. The number of ether oxygens (including phenoxy) is 1. The van der Waals surface area contributed by atoms with Gasteiger partial charge >= 0.3 is 0 Å². The molecule has 0 radical (unpaired) electrons. The summed E-state index contributed by atoms with van der Waals surface area (Å²) in [6.45, 7) is 4.83. The number of carbonyl (C=O) groups is 1. The third kappa shape index (κ3) is 8.81. The fourth-order valence-electron chi connectivity index (χ4n) is 1.25. The Bertz CT molecular complexity index is 254. The Morgan fingerprint density at radius 2 is 2.06 bits per heavy atom. The van der Waals surface area contributed by atoms with Crippen LogP contribution in [0.4, 0.5) is 0 Å². The van der Waals surface area contributed by atoms with E-state index in [2.05, 4.69) is 15.6 Å². The van der Waals surface area contributed by atoms with Crippen molar-refractivity contribution in [3.8, 4) is 0 Å². The number of guanidine groups is 1. The highest BCUT2D eigenvalue weighted by Gasteiger charge is 2.03. The topological polar surface area (TPSA) is 66.0 Å². The van der Waals surface area contributed by atoms with Crippen LogP contribution in [0.25, 0.3) is 0 Å². The first-order valence-corrected chi connectivity index (χ1v) is 6.33. The van der Waals surface area contributed by atoms with Crippen LogP contribution in [-0.2, 0) is 9.53 Å². The van der Waals surface area contributed by atoms with Crippen LogP contribution in [0.5, 0.6) is 0 Å². The molecule has 6 heteroatoms. The molecule has 0 spiro atoms. The molecule has 0 aromatic rings. The number of aliphatic imine (C=N–C) groups is 1. The maximum absolute atomic E-state index is 11.4. The van der Waals surface area contributed by atoms with Gasteiger partial charge in [0.1, 0.15) is 0 Å². The van der Waals surface area contributed by atoms with Crippen LogP contribution in [0, 0.1) is 0 Å². The summed E-state index contributed by atoms with van der Waals surface area (Å²) in [7, 11) is 5.19. The summed E-state index contributed by atoms with van der Waals surface area (Å²) in [5.74, 6) is 0.859. The fraction of sp³-hybridized carbons (Fsp3) is 0.833. The van der Waals surface area contributed by atoms with Crippen molar-refractivity contribution in [3.05, 3.63) is 0 Å². The average Bonchev–Trinajstić information content (AvgIpc) is 2.34. The van der Waals surface area contributed by atoms with Crippen molar-refractivity contribution in [1.29, 1.82) is 0 Å². The molecular formula is C12H26N4O2. The minimum atomic E-state index is 0.109. The maximum Gasteiger partial charge on any atom is 0.223 e. The summed E-state index contributed by atoms with van der Waals surface area (Å²) in [6.07, 6.45) is 1.36. The lowest BCUT2D eigenvalue weighted by molar-refractivity contribution is -0.128. The molecule has 18 heavy (non-hydrogen) atoms. The summed E-state index contributed by atoms with van der Waals surface area (Å²) in [4.78, 5) is 17.4. The molecule has 0 aromatic carbocycles. The zero-order chi connectivity index (χ0) is 13.8. The molecular weight excluding hydrogens is 232 g/mol. The van der Waals surface area contributed by atoms with E-state index < -0.39 is 0 Å². The van der Waals surface area contributed by atoms with Gasteiger partial charge in [-0.1, -0.05) is 0 Å². The average molecular weight is 258 g/mol. The lowest BCUT2D eigenvalue weighted by Crippen LogP contribution is -2.39. The van der Waals surface area contributed by atoms with Crippen molar-refractivity contribution in [2.75, 3.05) is 47.4 Å². The van der Waals surface area contributed by atoms with Crippen molar-refractivity contribution >= 4 is 11.9 Å². The molecule has 0 heterocycles. The highest BCUT2D eigenvalue weighted by atomic mass is 16.5. The number of carbonyl (C=O) groups excluding carboxylic acids is 1. The molecule has 0 saturated heterocycles. The van der Waals surface area contributed by atoms with Gasteiger partial charge in [0.15, 0.2) is 5.96 Å². The van der Waals surface area contributed by atoms with E-state index in [1.807, 2.05) is 6.92 Å². The largest absolute Gasteiger partial charge is 0.385 e. The zero-order valence-corrected chi connectivity index (χ0v) is 12.0. The second kappa shape index (κ2) is 10.8. The van der Waals surface area contributed by atoms with Gasteiger partial charge in [-0.3, -0.25) is 9.79 Å². The fourth-order valence-corrected chi connectivity index (χ4v) is 1.25. The number of nitrogens with one attached hydrogen (secondary N) is 2. The molecule has 106 valence electrons. The Morgan fingerprint density at radius 3 is 2.61 bits per heavy atom. The number of amides is 1. The van der Waals surface area contributed by atoms with E-state index in [4.69, 9.17) is 4.74 Å². The molecule has 0 fully saturated rings. The van der Waals surface area contributed by atoms with Crippen molar-refractivity contribution < 1.29 is 9.53 Å². The SMILES string of the molecule is CCNC(=NCCCOC)NCCC(=O)N(C)C. The Balaban J connectivity index is 3.92. The van der Waals surface area contributed by atoms with Gasteiger partial charge in [0.25, 0.3) is 0 Å². The smallest absolute Gasteiger partial charge is 0.223 e. The lowest BCUT2D eigenvalue weighted by atomic mass is 10.4. The van der Waals surface area contributed by atoms with Crippen molar-refractivity contribution in [2.45, 2.75) is 19.8 Å². The number of methoxy groups -OCH3 is 1. The van der Waals surface area contributed by atoms with Crippen LogP contribution < -0.4 is 10.6 Å². The van der Waals surface area contributed by atoms with E-state index in [0.717, 1.165) is 18.9 Å². The van der Waals surface area contributed by atoms with E-state index in [1.165, 1.54) is 0 Å². The van der Waals surface area contributed by atoms with Gasteiger partial charge in [0.05, 0.1) is 0 Å². The van der Waals surface area contributed by atoms with Crippen LogP contribution in [-0.4, -0.2) is 64.2 Å². The molecule has 0 aliphatic rings. The highest BCUT2D eigenvalue weighted by molar-refractivity contribution is 5.81. The molecule has 0 atom stereocenters. The van der Waals surface area contributed by atoms with Crippen molar-refractivity contribution in [1.82, 2.24) is 15.5 Å². The summed E-state index contributed by atoms with van der Waals surface area (Å²) >= 11 is 0. The molecule has 0 bridgehead atoms. The highest BCUT2D eigenvalue weighted by Crippen LogP contribution is 1.86. The molecule has 0 aromatic heterocycles. The third-order valence-corrected chi connectivity index (χ3v) is 2.25. The zero-order valence-electron chi connectivity index (χ0n) is 12.0. The van der Waals surface area contributed by atoms with Crippen molar-refractivity contribution in [3.63, 3.8) is 0 Å². The molecule has 1 amide bonds. The summed E-state index contributed by atoms with van der Waals surface area (Å²) in [5.41, 5.74) is 0. The van der Waals surface area contributed by atoms with Gasteiger partial charge < -0.3 is 20.3 Å². The molecule has 0 rings (SSSR count). The molecule has 0 aliphatic heterocycles. The van der Waals surface area contributed by atoms with E-state index in [0.29, 0.717) is 26.1 Å².